The summed E-state index contributed by atoms with van der Waals surface area (Å²) in [6, 6.07) is 10.4. The largest absolute Gasteiger partial charge is 0.459 e. The zero-order valence-electron chi connectivity index (χ0n) is 11.3. The van der Waals surface area contributed by atoms with Crippen LogP contribution in [0.3, 0.4) is 0 Å². The molecule has 1 unspecified atom stereocenters. The lowest BCUT2D eigenvalue weighted by Crippen LogP contribution is -2.35. The first-order valence-electron chi connectivity index (χ1n) is 6.73. The van der Waals surface area contributed by atoms with Gasteiger partial charge in [0.05, 0.1) is 0 Å². The van der Waals surface area contributed by atoms with Crippen molar-refractivity contribution in [3.8, 4) is 0 Å². The summed E-state index contributed by atoms with van der Waals surface area (Å²) in [5.74, 6) is 0.898. The molecule has 0 aliphatic carbocycles. The van der Waals surface area contributed by atoms with E-state index < -0.39 is 0 Å². The summed E-state index contributed by atoms with van der Waals surface area (Å²) in [5.41, 5.74) is -0.288. The highest BCUT2D eigenvalue weighted by Crippen LogP contribution is 2.29. The Kier molecular flexibility index (Phi) is 5.08. The van der Waals surface area contributed by atoms with Crippen molar-refractivity contribution in [1.29, 1.82) is 0 Å². The van der Waals surface area contributed by atoms with Crippen molar-refractivity contribution in [3.63, 3.8) is 0 Å². The number of ether oxygens (including phenoxy) is 1. The predicted octanol–water partition coefficient (Wildman–Crippen LogP) is 4.21. The molecule has 3 heteroatoms. The van der Waals surface area contributed by atoms with E-state index >= 15 is 0 Å². The molecule has 1 heterocycles. The fourth-order valence-corrected chi connectivity index (χ4v) is 2.96. The Hall–Kier alpha value is -1.22. The van der Waals surface area contributed by atoms with Gasteiger partial charge in [0.1, 0.15) is 5.60 Å². The molecule has 0 aromatic heterocycles. The van der Waals surface area contributed by atoms with Crippen LogP contribution < -0.4 is 0 Å². The second-order valence-corrected chi connectivity index (χ2v) is 6.17. The minimum atomic E-state index is -0.288. The van der Waals surface area contributed by atoms with Crippen LogP contribution in [0, 0.1) is 0 Å². The van der Waals surface area contributed by atoms with Crippen molar-refractivity contribution in [3.05, 3.63) is 42.5 Å². The van der Waals surface area contributed by atoms with Gasteiger partial charge in [-0.3, -0.25) is 4.79 Å². The van der Waals surface area contributed by atoms with Crippen molar-refractivity contribution in [1.82, 2.24) is 0 Å². The molecular weight excluding hydrogens is 256 g/mol. The van der Waals surface area contributed by atoms with E-state index in [0.29, 0.717) is 6.42 Å². The van der Waals surface area contributed by atoms with Gasteiger partial charge in [-0.1, -0.05) is 30.4 Å². The Bertz CT molecular complexity index is 441. The molecule has 1 saturated heterocycles. The smallest absolute Gasteiger partial charge is 0.306 e. The van der Waals surface area contributed by atoms with Crippen LogP contribution in [-0.4, -0.2) is 17.3 Å². The first kappa shape index (κ1) is 14.2. The number of benzene rings is 1. The average Bonchev–Trinajstić information content (AvgIpc) is 2.39. The third-order valence-electron chi connectivity index (χ3n) is 3.25. The van der Waals surface area contributed by atoms with E-state index in [1.807, 2.05) is 24.8 Å². The van der Waals surface area contributed by atoms with Crippen LogP contribution in [0.1, 0.15) is 32.6 Å². The highest BCUT2D eigenvalue weighted by atomic mass is 32.2. The van der Waals surface area contributed by atoms with Crippen LogP contribution in [0.25, 0.3) is 0 Å². The second-order valence-electron chi connectivity index (χ2n) is 5.08. The van der Waals surface area contributed by atoms with Crippen LogP contribution in [0.5, 0.6) is 0 Å². The van der Waals surface area contributed by atoms with E-state index in [1.165, 1.54) is 4.90 Å². The molecule has 1 aliphatic rings. The fraction of sp³-hybridized carbons (Fsp3) is 0.438. The molecule has 1 fully saturated rings. The van der Waals surface area contributed by atoms with Crippen molar-refractivity contribution in [2.24, 2.45) is 0 Å². The molecule has 102 valence electrons. The lowest BCUT2D eigenvalue weighted by atomic mass is 9.92. The first-order chi connectivity index (χ1) is 9.18. The van der Waals surface area contributed by atoms with Crippen molar-refractivity contribution < 1.29 is 9.53 Å². The molecule has 0 bridgehead atoms. The van der Waals surface area contributed by atoms with E-state index in [2.05, 4.69) is 36.4 Å². The number of cyclic esters (lactones) is 1. The lowest BCUT2D eigenvalue weighted by Gasteiger charge is -2.32. The highest BCUT2D eigenvalue weighted by Gasteiger charge is 2.31. The minimum absolute atomic E-state index is 0.0548. The van der Waals surface area contributed by atoms with Gasteiger partial charge in [-0.15, -0.1) is 11.8 Å². The predicted molar refractivity (Wildman–Crippen MR) is 79.3 cm³/mol. The van der Waals surface area contributed by atoms with Gasteiger partial charge in [0.15, 0.2) is 0 Å². The average molecular weight is 276 g/mol. The molecule has 2 nitrogen and oxygen atoms in total. The third-order valence-corrected chi connectivity index (χ3v) is 4.22. The molecule has 0 amide bonds. The van der Waals surface area contributed by atoms with E-state index in [-0.39, 0.29) is 11.6 Å². The minimum Gasteiger partial charge on any atom is -0.459 e. The van der Waals surface area contributed by atoms with Crippen molar-refractivity contribution >= 4 is 17.7 Å². The van der Waals surface area contributed by atoms with Crippen LogP contribution in [0.4, 0.5) is 0 Å². The number of esters is 1. The van der Waals surface area contributed by atoms with Crippen LogP contribution in [-0.2, 0) is 9.53 Å². The maximum absolute atomic E-state index is 11.3. The summed E-state index contributed by atoms with van der Waals surface area (Å²) < 4.78 is 5.44. The standard InChI is InChI=1S/C16H20O2S/c1-16(12-7-10-15(17)18-16)11-5-6-13-19-14-8-3-2-4-9-14/h2-6,8-9H,7,10-13H2,1H3/b6-5+. The summed E-state index contributed by atoms with van der Waals surface area (Å²) in [6.45, 7) is 2.03. The summed E-state index contributed by atoms with van der Waals surface area (Å²) in [6.07, 6.45) is 7.59. The van der Waals surface area contributed by atoms with E-state index in [1.54, 1.807) is 0 Å². The van der Waals surface area contributed by atoms with Crippen LogP contribution in [0.2, 0.25) is 0 Å². The molecule has 1 aromatic carbocycles. The van der Waals surface area contributed by atoms with Gasteiger partial charge < -0.3 is 4.74 Å². The highest BCUT2D eigenvalue weighted by molar-refractivity contribution is 7.99. The zero-order valence-corrected chi connectivity index (χ0v) is 12.1. The van der Waals surface area contributed by atoms with Gasteiger partial charge in [0.25, 0.3) is 0 Å². The first-order valence-corrected chi connectivity index (χ1v) is 7.71. The van der Waals surface area contributed by atoms with Crippen LogP contribution >= 0.6 is 11.8 Å². The molecule has 0 radical (unpaired) electrons. The van der Waals surface area contributed by atoms with Gasteiger partial charge in [-0.2, -0.15) is 0 Å². The Morgan fingerprint density at radius 2 is 2.11 bits per heavy atom. The molecular formula is C16H20O2S. The van der Waals surface area contributed by atoms with Gasteiger partial charge in [-0.05, 0) is 31.9 Å². The third kappa shape index (κ3) is 4.75. The normalized spacial score (nSPS) is 23.5. The lowest BCUT2D eigenvalue weighted by molar-refractivity contribution is -0.164. The number of hydrogen-bond donors (Lipinski definition) is 0. The Labute approximate surface area is 119 Å². The molecule has 1 atom stereocenters. The van der Waals surface area contributed by atoms with Gasteiger partial charge in [0, 0.05) is 23.5 Å². The van der Waals surface area contributed by atoms with Gasteiger partial charge >= 0.3 is 5.97 Å². The number of rotatable bonds is 5. The molecule has 19 heavy (non-hydrogen) atoms. The molecule has 0 N–H and O–H groups in total. The number of thioether (sulfide) groups is 1. The quantitative estimate of drug-likeness (QED) is 0.458. The maximum atomic E-state index is 11.3. The summed E-state index contributed by atoms with van der Waals surface area (Å²) in [7, 11) is 0. The van der Waals surface area contributed by atoms with Crippen molar-refractivity contribution in [2.75, 3.05) is 5.75 Å². The Morgan fingerprint density at radius 3 is 2.84 bits per heavy atom. The molecule has 2 rings (SSSR count). The Morgan fingerprint density at radius 1 is 1.32 bits per heavy atom. The number of hydrogen-bond acceptors (Lipinski definition) is 3. The topological polar surface area (TPSA) is 26.3 Å². The number of carbonyl (C=O) groups is 1. The van der Waals surface area contributed by atoms with E-state index in [9.17, 15) is 4.79 Å². The summed E-state index contributed by atoms with van der Waals surface area (Å²) in [5, 5.41) is 0. The van der Waals surface area contributed by atoms with Gasteiger partial charge in [-0.25, -0.2) is 0 Å². The fourth-order valence-electron chi connectivity index (χ4n) is 2.19. The monoisotopic (exact) mass is 276 g/mol. The molecule has 1 aromatic rings. The zero-order chi connectivity index (χ0) is 13.6. The van der Waals surface area contributed by atoms with E-state index in [0.717, 1.165) is 25.0 Å². The van der Waals surface area contributed by atoms with Gasteiger partial charge in [0.2, 0.25) is 0 Å². The Balaban J connectivity index is 1.73. The number of carbonyl (C=O) groups excluding carboxylic acids is 1. The summed E-state index contributed by atoms with van der Waals surface area (Å²) >= 11 is 1.81. The second kappa shape index (κ2) is 6.80. The van der Waals surface area contributed by atoms with Crippen LogP contribution in [0.15, 0.2) is 47.4 Å². The van der Waals surface area contributed by atoms with Crippen molar-refractivity contribution in [2.45, 2.75) is 43.1 Å². The molecule has 1 aliphatic heterocycles. The SMILES string of the molecule is CC1(C/C=C/CSc2ccccc2)CCCC(=O)O1. The van der Waals surface area contributed by atoms with E-state index in [4.69, 9.17) is 4.74 Å². The molecule has 0 spiro atoms. The maximum Gasteiger partial charge on any atom is 0.306 e. The molecule has 0 saturated carbocycles. The summed E-state index contributed by atoms with van der Waals surface area (Å²) in [4.78, 5) is 12.6.